The average Bonchev–Trinajstić information content (AvgIpc) is 2.83. The lowest BCUT2D eigenvalue weighted by molar-refractivity contribution is -0.133. The van der Waals surface area contributed by atoms with Gasteiger partial charge in [-0.2, -0.15) is 0 Å². The molecular formula is C26H33N3O5. The van der Waals surface area contributed by atoms with Crippen LogP contribution >= 0.6 is 0 Å². The van der Waals surface area contributed by atoms with E-state index in [0.29, 0.717) is 35.7 Å². The van der Waals surface area contributed by atoms with E-state index in [2.05, 4.69) is 5.32 Å². The second-order valence-electron chi connectivity index (χ2n) is 8.80. The van der Waals surface area contributed by atoms with Gasteiger partial charge < -0.3 is 24.6 Å². The Morgan fingerprint density at radius 1 is 1.09 bits per heavy atom. The zero-order valence-electron chi connectivity index (χ0n) is 20.4. The molecule has 182 valence electrons. The Balaban J connectivity index is 1.93. The lowest BCUT2D eigenvalue weighted by Gasteiger charge is -2.35. The number of nitrogens with zero attached hydrogens (tertiary/aromatic N) is 2. The Morgan fingerprint density at radius 2 is 1.79 bits per heavy atom. The molecule has 3 amide bonds. The van der Waals surface area contributed by atoms with Crippen molar-refractivity contribution in [1.29, 1.82) is 0 Å². The third-order valence-corrected chi connectivity index (χ3v) is 6.15. The van der Waals surface area contributed by atoms with Crippen LogP contribution < -0.4 is 10.1 Å². The number of rotatable bonds is 3. The molecule has 0 radical (unpaired) electrons. The second kappa shape index (κ2) is 11.2. The van der Waals surface area contributed by atoms with Gasteiger partial charge in [0.1, 0.15) is 12.4 Å². The number of carbonyl (C=O) groups is 3. The molecule has 8 nitrogen and oxygen atoms in total. The van der Waals surface area contributed by atoms with E-state index in [1.807, 2.05) is 19.9 Å². The van der Waals surface area contributed by atoms with Crippen LogP contribution in [0.3, 0.4) is 0 Å². The molecule has 1 N–H and O–H groups in total. The van der Waals surface area contributed by atoms with E-state index in [1.165, 1.54) is 6.92 Å². The molecule has 2 aromatic rings. The van der Waals surface area contributed by atoms with Gasteiger partial charge in [-0.1, -0.05) is 25.1 Å². The van der Waals surface area contributed by atoms with Crippen molar-refractivity contribution in [3.05, 3.63) is 59.7 Å². The Kier molecular flexibility index (Phi) is 8.28. The molecule has 0 bridgehead atoms. The van der Waals surface area contributed by atoms with Crippen molar-refractivity contribution in [3.8, 4) is 5.75 Å². The fourth-order valence-corrected chi connectivity index (χ4v) is 4.08. The smallest absolute Gasteiger partial charge is 0.257 e. The average molecular weight is 468 g/mol. The van der Waals surface area contributed by atoms with Gasteiger partial charge in [-0.05, 0) is 31.2 Å². The van der Waals surface area contributed by atoms with E-state index in [4.69, 9.17) is 9.47 Å². The monoisotopic (exact) mass is 467 g/mol. The zero-order chi connectivity index (χ0) is 24.8. The van der Waals surface area contributed by atoms with E-state index in [1.54, 1.807) is 66.4 Å². The van der Waals surface area contributed by atoms with Crippen molar-refractivity contribution in [2.45, 2.75) is 32.9 Å². The maximum Gasteiger partial charge on any atom is 0.257 e. The molecule has 1 aliphatic rings. The predicted molar refractivity (Wildman–Crippen MR) is 130 cm³/mol. The van der Waals surface area contributed by atoms with Gasteiger partial charge in [0.15, 0.2) is 0 Å². The molecule has 3 atom stereocenters. The van der Waals surface area contributed by atoms with E-state index in [-0.39, 0.29) is 42.4 Å². The van der Waals surface area contributed by atoms with Gasteiger partial charge in [0, 0.05) is 57.4 Å². The van der Waals surface area contributed by atoms with Crippen LogP contribution in [0.4, 0.5) is 5.69 Å². The molecule has 34 heavy (non-hydrogen) atoms. The first kappa shape index (κ1) is 25.2. The summed E-state index contributed by atoms with van der Waals surface area (Å²) < 4.78 is 11.7. The number of benzene rings is 2. The molecule has 8 heteroatoms. The van der Waals surface area contributed by atoms with Crippen LogP contribution in [0, 0.1) is 5.92 Å². The van der Waals surface area contributed by atoms with Crippen LogP contribution in [0.15, 0.2) is 48.5 Å². The Bertz CT molecular complexity index is 1030. The first-order valence-corrected chi connectivity index (χ1v) is 11.4. The first-order chi connectivity index (χ1) is 16.2. The highest BCUT2D eigenvalue weighted by Crippen LogP contribution is 2.27. The van der Waals surface area contributed by atoms with E-state index in [9.17, 15) is 14.4 Å². The molecule has 0 fully saturated rings. The zero-order valence-corrected chi connectivity index (χ0v) is 20.4. The molecule has 0 unspecified atom stereocenters. The highest BCUT2D eigenvalue weighted by molar-refractivity contribution is 6.05. The SMILES string of the molecule is CO[C@H]1CN(C)C(=O)c2ccc(NC(=O)c3ccccc3)cc2OC[C@@H](C)N(C(C)=O)C[C@H]1C. The minimum absolute atomic E-state index is 0.0149. The van der Waals surface area contributed by atoms with Crippen molar-refractivity contribution in [2.24, 2.45) is 5.92 Å². The number of hydrogen-bond acceptors (Lipinski definition) is 5. The minimum Gasteiger partial charge on any atom is -0.491 e. The van der Waals surface area contributed by atoms with Gasteiger partial charge in [-0.3, -0.25) is 14.4 Å². The van der Waals surface area contributed by atoms with E-state index in [0.717, 1.165) is 0 Å². The third-order valence-electron chi connectivity index (χ3n) is 6.15. The summed E-state index contributed by atoms with van der Waals surface area (Å²) in [5.41, 5.74) is 1.41. The van der Waals surface area contributed by atoms with Gasteiger partial charge >= 0.3 is 0 Å². The van der Waals surface area contributed by atoms with Crippen LogP contribution in [0.1, 0.15) is 41.5 Å². The number of nitrogens with one attached hydrogen (secondary N) is 1. The van der Waals surface area contributed by atoms with Gasteiger partial charge in [0.05, 0.1) is 17.7 Å². The fourth-order valence-electron chi connectivity index (χ4n) is 4.08. The molecule has 1 aliphatic heterocycles. The summed E-state index contributed by atoms with van der Waals surface area (Å²) in [5.74, 6) is -0.155. The van der Waals surface area contributed by atoms with Gasteiger partial charge in [0.25, 0.3) is 11.8 Å². The molecule has 1 heterocycles. The summed E-state index contributed by atoms with van der Waals surface area (Å²) in [6.45, 7) is 6.51. The van der Waals surface area contributed by atoms with Gasteiger partial charge in [-0.15, -0.1) is 0 Å². The van der Waals surface area contributed by atoms with Crippen LogP contribution in [-0.4, -0.2) is 73.5 Å². The Morgan fingerprint density at radius 3 is 2.44 bits per heavy atom. The fraction of sp³-hybridized carbons (Fsp3) is 0.423. The van der Waals surface area contributed by atoms with Gasteiger partial charge in [-0.25, -0.2) is 0 Å². The number of hydrogen-bond donors (Lipinski definition) is 1. The topological polar surface area (TPSA) is 88.2 Å². The third kappa shape index (κ3) is 5.94. The number of anilines is 1. The predicted octanol–water partition coefficient (Wildman–Crippen LogP) is 3.29. The number of ether oxygens (including phenoxy) is 2. The summed E-state index contributed by atoms with van der Waals surface area (Å²) in [7, 11) is 3.33. The van der Waals surface area contributed by atoms with Crippen molar-refractivity contribution in [1.82, 2.24) is 9.80 Å². The van der Waals surface area contributed by atoms with Crippen molar-refractivity contribution >= 4 is 23.4 Å². The van der Waals surface area contributed by atoms with Crippen molar-refractivity contribution in [3.63, 3.8) is 0 Å². The summed E-state index contributed by atoms with van der Waals surface area (Å²) in [4.78, 5) is 41.6. The summed E-state index contributed by atoms with van der Waals surface area (Å²) in [6, 6.07) is 13.6. The molecule has 0 saturated heterocycles. The molecule has 0 aromatic heterocycles. The quantitative estimate of drug-likeness (QED) is 0.748. The summed E-state index contributed by atoms with van der Waals surface area (Å²) in [6.07, 6.45) is -0.240. The second-order valence-corrected chi connectivity index (χ2v) is 8.80. The number of methoxy groups -OCH3 is 1. The van der Waals surface area contributed by atoms with Crippen LogP contribution in [0.5, 0.6) is 5.75 Å². The molecule has 0 spiro atoms. The number of carbonyl (C=O) groups excluding carboxylic acids is 3. The number of likely N-dealkylation sites (N-methyl/N-ethyl adjacent to an activating group) is 1. The molecule has 0 saturated carbocycles. The Hall–Kier alpha value is -3.39. The summed E-state index contributed by atoms with van der Waals surface area (Å²) >= 11 is 0. The van der Waals surface area contributed by atoms with Gasteiger partial charge in [0.2, 0.25) is 5.91 Å². The number of fused-ring (bicyclic) bond motifs is 1. The molecular weight excluding hydrogens is 434 g/mol. The lowest BCUT2D eigenvalue weighted by atomic mass is 10.0. The maximum absolute atomic E-state index is 13.3. The van der Waals surface area contributed by atoms with Crippen molar-refractivity contribution in [2.75, 3.05) is 39.2 Å². The normalized spacial score (nSPS) is 21.6. The molecule has 0 aliphatic carbocycles. The summed E-state index contributed by atoms with van der Waals surface area (Å²) in [5, 5.41) is 2.85. The highest BCUT2D eigenvalue weighted by atomic mass is 16.5. The lowest BCUT2D eigenvalue weighted by Crippen LogP contribution is -2.48. The molecule has 2 aromatic carbocycles. The number of amides is 3. The molecule has 3 rings (SSSR count). The van der Waals surface area contributed by atoms with E-state index < -0.39 is 0 Å². The van der Waals surface area contributed by atoms with Crippen LogP contribution in [0.25, 0.3) is 0 Å². The first-order valence-electron chi connectivity index (χ1n) is 11.4. The van der Waals surface area contributed by atoms with E-state index >= 15 is 0 Å². The maximum atomic E-state index is 13.3. The van der Waals surface area contributed by atoms with Crippen LogP contribution in [0.2, 0.25) is 0 Å². The van der Waals surface area contributed by atoms with Crippen LogP contribution in [-0.2, 0) is 9.53 Å². The highest BCUT2D eigenvalue weighted by Gasteiger charge is 2.29. The standard InChI is InChI=1S/C26H33N3O5/c1-17-14-29(19(3)30)18(2)16-34-23-13-21(27-25(31)20-9-7-6-8-10-20)11-12-22(23)26(32)28(4)15-24(17)33-5/h6-13,17-18,24H,14-16H2,1-5H3,(H,27,31)/t17-,18-,24+/m1/s1. The largest absolute Gasteiger partial charge is 0.491 e. The minimum atomic E-state index is -0.259. The van der Waals surface area contributed by atoms with Crippen molar-refractivity contribution < 1.29 is 23.9 Å². The Labute approximate surface area is 200 Å².